The Kier molecular flexibility index (Phi) is 5.00. The lowest BCUT2D eigenvalue weighted by Gasteiger charge is -2.51. The van der Waals surface area contributed by atoms with Gasteiger partial charge in [-0.1, -0.05) is 26.0 Å². The first kappa shape index (κ1) is 18.4. The fraction of sp³-hybridized carbons (Fsp3) is 0.526. The Bertz CT molecular complexity index is 709. The minimum atomic E-state index is -0.238. The molecule has 2 N–H and O–H groups in total. The molecule has 0 spiro atoms. The molecular weight excluding hydrogens is 332 g/mol. The van der Waals surface area contributed by atoms with Crippen LogP contribution in [0.4, 0.5) is 0 Å². The molecule has 2 amide bonds. The van der Waals surface area contributed by atoms with Crippen molar-refractivity contribution in [1.29, 1.82) is 0 Å². The summed E-state index contributed by atoms with van der Waals surface area (Å²) in [7, 11) is 3.44. The van der Waals surface area contributed by atoms with Crippen LogP contribution in [0.25, 0.3) is 0 Å². The molecule has 0 saturated heterocycles. The van der Waals surface area contributed by atoms with E-state index in [0.717, 1.165) is 6.42 Å². The number of rotatable bonds is 5. The molecule has 2 aliphatic rings. The number of benzene rings is 1. The van der Waals surface area contributed by atoms with Crippen LogP contribution in [-0.2, 0) is 4.74 Å². The highest BCUT2D eigenvalue weighted by molar-refractivity contribution is 6.21. The fourth-order valence-corrected chi connectivity index (χ4v) is 3.62. The molecule has 140 valence electrons. The molecule has 2 atom stereocenters. The van der Waals surface area contributed by atoms with Crippen LogP contribution in [-0.4, -0.2) is 62.1 Å². The van der Waals surface area contributed by atoms with Crippen molar-refractivity contribution < 1.29 is 14.3 Å². The molecule has 7 nitrogen and oxygen atoms in total. The summed E-state index contributed by atoms with van der Waals surface area (Å²) in [5, 5.41) is 6.58. The highest BCUT2D eigenvalue weighted by Gasteiger charge is 2.49. The summed E-state index contributed by atoms with van der Waals surface area (Å²) in [5.41, 5.74) is 0.971. The molecule has 1 saturated carbocycles. The number of fused-ring (bicyclic) bond motifs is 1. The van der Waals surface area contributed by atoms with E-state index >= 15 is 0 Å². The second kappa shape index (κ2) is 7.07. The molecule has 1 aromatic rings. The fourth-order valence-electron chi connectivity index (χ4n) is 3.62. The topological polar surface area (TPSA) is 83.0 Å². The van der Waals surface area contributed by atoms with Crippen molar-refractivity contribution in [3.8, 4) is 0 Å². The second-order valence-electron chi connectivity index (χ2n) is 7.28. The molecular formula is C19H26N4O3. The van der Waals surface area contributed by atoms with Crippen molar-refractivity contribution in [3.63, 3.8) is 0 Å². The zero-order valence-electron chi connectivity index (χ0n) is 15.7. The molecule has 0 radical (unpaired) electrons. The molecule has 0 aromatic heterocycles. The number of guanidine groups is 1. The lowest BCUT2D eigenvalue weighted by atomic mass is 9.64. The Balaban J connectivity index is 1.52. The number of imide groups is 1. The Labute approximate surface area is 153 Å². The summed E-state index contributed by atoms with van der Waals surface area (Å²) in [6, 6.07) is 7.18. The van der Waals surface area contributed by atoms with E-state index in [1.165, 1.54) is 4.90 Å². The van der Waals surface area contributed by atoms with Crippen LogP contribution in [0.5, 0.6) is 0 Å². The Morgan fingerprint density at radius 3 is 2.38 bits per heavy atom. The van der Waals surface area contributed by atoms with Crippen LogP contribution < -0.4 is 10.6 Å². The number of hydrogen-bond acceptors (Lipinski definition) is 4. The Morgan fingerprint density at radius 2 is 1.88 bits per heavy atom. The molecule has 26 heavy (non-hydrogen) atoms. The molecule has 1 aliphatic carbocycles. The van der Waals surface area contributed by atoms with Crippen LogP contribution in [0.15, 0.2) is 29.3 Å². The van der Waals surface area contributed by atoms with Crippen molar-refractivity contribution in [2.45, 2.75) is 32.4 Å². The van der Waals surface area contributed by atoms with Gasteiger partial charge in [0.25, 0.3) is 11.8 Å². The van der Waals surface area contributed by atoms with Crippen molar-refractivity contribution >= 4 is 17.8 Å². The predicted molar refractivity (Wildman–Crippen MR) is 99.3 cm³/mol. The summed E-state index contributed by atoms with van der Waals surface area (Å²) in [4.78, 5) is 30.2. The van der Waals surface area contributed by atoms with Crippen LogP contribution in [0.2, 0.25) is 0 Å². The standard InChI is InChI=1S/C19H26N4O3/c1-19(2)14(11-15(19)26-4)22-18(20-3)21-9-10-23-16(24)12-7-5-6-8-13(12)17(23)25/h5-8,14-15H,9-11H2,1-4H3,(H2,20,21,22). The van der Waals surface area contributed by atoms with E-state index < -0.39 is 0 Å². The van der Waals surface area contributed by atoms with Crippen LogP contribution in [0.3, 0.4) is 0 Å². The van der Waals surface area contributed by atoms with Crippen molar-refractivity contribution in [2.75, 3.05) is 27.2 Å². The molecule has 2 unspecified atom stereocenters. The lowest BCUT2D eigenvalue weighted by Crippen LogP contribution is -2.63. The van der Waals surface area contributed by atoms with E-state index in [-0.39, 0.29) is 29.4 Å². The normalized spacial score (nSPS) is 24.3. The van der Waals surface area contributed by atoms with Gasteiger partial charge in [0.1, 0.15) is 0 Å². The van der Waals surface area contributed by atoms with E-state index in [1.54, 1.807) is 38.4 Å². The van der Waals surface area contributed by atoms with Crippen molar-refractivity contribution in [1.82, 2.24) is 15.5 Å². The molecule has 0 bridgehead atoms. The van der Waals surface area contributed by atoms with Crippen LogP contribution >= 0.6 is 0 Å². The van der Waals surface area contributed by atoms with E-state index in [1.807, 2.05) is 0 Å². The van der Waals surface area contributed by atoms with Crippen molar-refractivity contribution in [3.05, 3.63) is 35.4 Å². The molecule has 1 fully saturated rings. The SMILES string of the molecule is CN=C(NCCN1C(=O)c2ccccc2C1=O)NC1CC(OC)C1(C)C. The number of nitrogens with zero attached hydrogens (tertiary/aromatic N) is 2. The maximum absolute atomic E-state index is 12.4. The van der Waals surface area contributed by atoms with E-state index in [2.05, 4.69) is 29.5 Å². The first-order valence-electron chi connectivity index (χ1n) is 8.85. The van der Waals surface area contributed by atoms with Crippen LogP contribution in [0.1, 0.15) is 41.0 Å². The minimum Gasteiger partial charge on any atom is -0.381 e. The third-order valence-electron chi connectivity index (χ3n) is 5.50. The Morgan fingerprint density at radius 1 is 1.27 bits per heavy atom. The highest BCUT2D eigenvalue weighted by Crippen LogP contribution is 2.42. The summed E-state index contributed by atoms with van der Waals surface area (Å²) < 4.78 is 5.47. The summed E-state index contributed by atoms with van der Waals surface area (Å²) in [6.07, 6.45) is 1.15. The molecule has 1 aliphatic heterocycles. The first-order chi connectivity index (χ1) is 12.4. The van der Waals surface area contributed by atoms with Gasteiger partial charge in [-0.2, -0.15) is 0 Å². The van der Waals surface area contributed by atoms with Gasteiger partial charge < -0.3 is 15.4 Å². The highest BCUT2D eigenvalue weighted by atomic mass is 16.5. The number of aliphatic imine (C=N–C) groups is 1. The lowest BCUT2D eigenvalue weighted by molar-refractivity contribution is -0.0922. The van der Waals surface area contributed by atoms with E-state index in [0.29, 0.717) is 30.2 Å². The molecule has 1 heterocycles. The van der Waals surface area contributed by atoms with Gasteiger partial charge in [-0.3, -0.25) is 19.5 Å². The summed E-state index contributed by atoms with van der Waals surface area (Å²) >= 11 is 0. The maximum atomic E-state index is 12.4. The van der Waals surface area contributed by atoms with E-state index in [9.17, 15) is 9.59 Å². The number of ether oxygens (including phenoxy) is 1. The van der Waals surface area contributed by atoms with Gasteiger partial charge in [-0.25, -0.2) is 0 Å². The monoisotopic (exact) mass is 358 g/mol. The third kappa shape index (κ3) is 3.07. The first-order valence-corrected chi connectivity index (χ1v) is 8.85. The molecule has 1 aromatic carbocycles. The number of methoxy groups -OCH3 is 1. The average molecular weight is 358 g/mol. The largest absolute Gasteiger partial charge is 0.381 e. The van der Waals surface area contributed by atoms with Crippen LogP contribution in [0, 0.1) is 5.41 Å². The number of nitrogens with one attached hydrogen (secondary N) is 2. The Hall–Kier alpha value is -2.41. The third-order valence-corrected chi connectivity index (χ3v) is 5.50. The zero-order valence-corrected chi connectivity index (χ0v) is 15.7. The average Bonchev–Trinajstić information content (AvgIpc) is 2.88. The number of hydrogen-bond donors (Lipinski definition) is 2. The van der Waals surface area contributed by atoms with Gasteiger partial charge in [-0.15, -0.1) is 0 Å². The minimum absolute atomic E-state index is 0.0227. The summed E-state index contributed by atoms with van der Waals surface area (Å²) in [5.74, 6) is 0.186. The van der Waals surface area contributed by atoms with Gasteiger partial charge >= 0.3 is 0 Å². The van der Waals surface area contributed by atoms with Gasteiger partial charge in [0, 0.05) is 38.7 Å². The predicted octanol–water partition coefficient (Wildman–Crippen LogP) is 1.26. The maximum Gasteiger partial charge on any atom is 0.261 e. The molecule has 3 rings (SSSR count). The van der Waals surface area contributed by atoms with Gasteiger partial charge in [0.15, 0.2) is 5.96 Å². The molecule has 7 heteroatoms. The smallest absolute Gasteiger partial charge is 0.261 e. The number of carbonyl (C=O) groups is 2. The van der Waals surface area contributed by atoms with Gasteiger partial charge in [0.05, 0.1) is 17.2 Å². The van der Waals surface area contributed by atoms with Gasteiger partial charge in [-0.05, 0) is 18.6 Å². The van der Waals surface area contributed by atoms with Gasteiger partial charge in [0.2, 0.25) is 0 Å². The summed E-state index contributed by atoms with van der Waals surface area (Å²) in [6.45, 7) is 5.05. The zero-order chi connectivity index (χ0) is 18.9. The second-order valence-corrected chi connectivity index (χ2v) is 7.28. The quantitative estimate of drug-likeness (QED) is 0.470. The number of amides is 2. The van der Waals surface area contributed by atoms with Crippen molar-refractivity contribution in [2.24, 2.45) is 10.4 Å². The van der Waals surface area contributed by atoms with E-state index in [4.69, 9.17) is 4.74 Å². The number of carbonyl (C=O) groups excluding carboxylic acids is 2.